The maximum atomic E-state index is 12.5. The zero-order valence-electron chi connectivity index (χ0n) is 10.9. The first-order valence-corrected chi connectivity index (χ1v) is 7.28. The van der Waals surface area contributed by atoms with E-state index < -0.39 is 0 Å². The van der Waals surface area contributed by atoms with Crippen LogP contribution in [0.3, 0.4) is 0 Å². The van der Waals surface area contributed by atoms with Crippen LogP contribution in [-0.2, 0) is 0 Å². The molecule has 0 saturated carbocycles. The van der Waals surface area contributed by atoms with Crippen LogP contribution in [0.4, 0.5) is 0 Å². The second-order valence-corrected chi connectivity index (χ2v) is 5.68. The van der Waals surface area contributed by atoms with E-state index in [-0.39, 0.29) is 5.69 Å². The summed E-state index contributed by atoms with van der Waals surface area (Å²) in [5, 5.41) is 6.53. The van der Waals surface area contributed by atoms with Gasteiger partial charge in [-0.05, 0) is 35.7 Å². The van der Waals surface area contributed by atoms with E-state index in [2.05, 4.69) is 21.0 Å². The summed E-state index contributed by atoms with van der Waals surface area (Å²) in [4.78, 5) is 12.5. The van der Waals surface area contributed by atoms with Crippen LogP contribution in [0.1, 0.15) is 0 Å². The molecule has 0 unspecified atom stereocenters. The van der Waals surface area contributed by atoms with E-state index in [4.69, 9.17) is 0 Å². The highest BCUT2D eigenvalue weighted by molar-refractivity contribution is 9.10. The number of halogens is 1. The van der Waals surface area contributed by atoms with Crippen LogP contribution in [0.15, 0.2) is 70.1 Å². The topological polar surface area (TPSA) is 39.3 Å². The molecule has 0 aliphatic heterocycles. The maximum Gasteiger partial charge on any atom is 0.355 e. The van der Waals surface area contributed by atoms with Crippen LogP contribution in [0.5, 0.6) is 0 Å². The highest BCUT2D eigenvalue weighted by Crippen LogP contribution is 2.18. The van der Waals surface area contributed by atoms with E-state index in [0.29, 0.717) is 5.65 Å². The van der Waals surface area contributed by atoms with E-state index in [1.807, 2.05) is 54.6 Å². The van der Waals surface area contributed by atoms with Crippen molar-refractivity contribution in [3.05, 3.63) is 75.8 Å². The molecule has 0 aliphatic carbocycles. The Morgan fingerprint density at radius 3 is 2.52 bits per heavy atom. The summed E-state index contributed by atoms with van der Waals surface area (Å²) < 4.78 is 3.96. The molecule has 5 heteroatoms. The number of rotatable bonds is 1. The average molecular weight is 340 g/mol. The summed E-state index contributed by atoms with van der Waals surface area (Å²) in [7, 11) is 0. The lowest BCUT2D eigenvalue weighted by atomic mass is 10.2. The molecular weight excluding hydrogens is 330 g/mol. The first-order valence-electron chi connectivity index (χ1n) is 6.49. The fraction of sp³-hybridized carbons (Fsp3) is 0. The zero-order valence-corrected chi connectivity index (χ0v) is 12.5. The lowest BCUT2D eigenvalue weighted by Gasteiger charge is -1.98. The molecule has 21 heavy (non-hydrogen) atoms. The molecule has 0 spiro atoms. The van der Waals surface area contributed by atoms with Crippen molar-refractivity contribution in [2.24, 2.45) is 0 Å². The van der Waals surface area contributed by atoms with Crippen molar-refractivity contribution in [1.82, 2.24) is 14.2 Å². The van der Waals surface area contributed by atoms with Crippen molar-refractivity contribution in [2.75, 3.05) is 0 Å². The minimum Gasteiger partial charge on any atom is -0.249 e. The summed E-state index contributed by atoms with van der Waals surface area (Å²) in [6.45, 7) is 0. The van der Waals surface area contributed by atoms with Crippen LogP contribution in [0, 0.1) is 0 Å². The highest BCUT2D eigenvalue weighted by atomic mass is 79.9. The third-order valence-corrected chi connectivity index (χ3v) is 4.01. The third kappa shape index (κ3) is 1.89. The van der Waals surface area contributed by atoms with Crippen LogP contribution < -0.4 is 5.69 Å². The third-order valence-electron chi connectivity index (χ3n) is 3.49. The molecule has 2 heterocycles. The van der Waals surface area contributed by atoms with E-state index in [1.165, 1.54) is 4.68 Å². The first-order chi connectivity index (χ1) is 10.2. The molecule has 2 aromatic carbocycles. The van der Waals surface area contributed by atoms with E-state index >= 15 is 0 Å². The van der Waals surface area contributed by atoms with Crippen molar-refractivity contribution >= 4 is 32.3 Å². The number of pyridine rings is 1. The zero-order chi connectivity index (χ0) is 14.4. The molecule has 0 atom stereocenters. The van der Waals surface area contributed by atoms with Gasteiger partial charge in [-0.15, -0.1) is 5.10 Å². The van der Waals surface area contributed by atoms with Crippen LogP contribution in [0.25, 0.3) is 22.1 Å². The molecule has 4 nitrogen and oxygen atoms in total. The molecule has 4 aromatic rings. The molecule has 0 bridgehead atoms. The van der Waals surface area contributed by atoms with Gasteiger partial charge in [-0.25, -0.2) is 9.20 Å². The minimum absolute atomic E-state index is 0.168. The Balaban J connectivity index is 2.07. The SMILES string of the molecule is O=c1n(-c2ccc(Br)cc2)nc2c3ccccc3ccn12. The Kier molecular flexibility index (Phi) is 2.68. The summed E-state index contributed by atoms with van der Waals surface area (Å²) in [6, 6.07) is 17.3. The van der Waals surface area contributed by atoms with Gasteiger partial charge >= 0.3 is 5.69 Å². The first kappa shape index (κ1) is 12.3. The van der Waals surface area contributed by atoms with Crippen molar-refractivity contribution in [3.8, 4) is 5.69 Å². The van der Waals surface area contributed by atoms with Crippen LogP contribution in [-0.4, -0.2) is 14.2 Å². The number of benzene rings is 2. The number of fused-ring (bicyclic) bond motifs is 3. The van der Waals surface area contributed by atoms with Gasteiger partial charge in [-0.1, -0.05) is 40.2 Å². The van der Waals surface area contributed by atoms with Gasteiger partial charge in [0.25, 0.3) is 0 Å². The molecular formula is C16H10BrN3O. The number of hydrogen-bond donors (Lipinski definition) is 0. The Morgan fingerprint density at radius 2 is 1.71 bits per heavy atom. The van der Waals surface area contributed by atoms with Gasteiger partial charge < -0.3 is 0 Å². The summed E-state index contributed by atoms with van der Waals surface area (Å²) >= 11 is 3.39. The van der Waals surface area contributed by atoms with Gasteiger partial charge in [0.2, 0.25) is 0 Å². The molecule has 2 aromatic heterocycles. The second-order valence-electron chi connectivity index (χ2n) is 4.77. The normalized spacial score (nSPS) is 11.3. The Labute approximate surface area is 128 Å². The fourth-order valence-electron chi connectivity index (χ4n) is 2.45. The van der Waals surface area contributed by atoms with Gasteiger partial charge in [0.15, 0.2) is 5.65 Å². The van der Waals surface area contributed by atoms with Gasteiger partial charge in [-0.2, -0.15) is 4.68 Å². The monoisotopic (exact) mass is 339 g/mol. The van der Waals surface area contributed by atoms with E-state index in [9.17, 15) is 4.79 Å². The molecule has 0 aliphatic rings. The second kappa shape index (κ2) is 4.56. The lowest BCUT2D eigenvalue weighted by molar-refractivity contribution is 0.838. The number of nitrogens with zero attached hydrogens (tertiary/aromatic N) is 3. The quantitative estimate of drug-likeness (QED) is 0.533. The van der Waals surface area contributed by atoms with E-state index in [0.717, 1.165) is 20.9 Å². The summed E-state index contributed by atoms with van der Waals surface area (Å²) in [5.74, 6) is 0. The summed E-state index contributed by atoms with van der Waals surface area (Å²) in [6.07, 6.45) is 1.77. The molecule has 0 N–H and O–H groups in total. The molecule has 0 amide bonds. The maximum absolute atomic E-state index is 12.5. The van der Waals surface area contributed by atoms with E-state index in [1.54, 1.807) is 10.6 Å². The van der Waals surface area contributed by atoms with Gasteiger partial charge in [0.05, 0.1) is 5.69 Å². The van der Waals surface area contributed by atoms with Gasteiger partial charge in [0.1, 0.15) is 0 Å². The standard InChI is InChI=1S/C16H10BrN3O/c17-12-5-7-13(8-6-12)20-16(21)19-10-9-11-3-1-2-4-14(11)15(19)18-20/h1-10H. The predicted molar refractivity (Wildman–Crippen MR) is 86.0 cm³/mol. The van der Waals surface area contributed by atoms with Crippen molar-refractivity contribution in [3.63, 3.8) is 0 Å². The van der Waals surface area contributed by atoms with Crippen molar-refractivity contribution < 1.29 is 0 Å². The van der Waals surface area contributed by atoms with Gasteiger partial charge in [-0.3, -0.25) is 0 Å². The number of aromatic nitrogens is 3. The summed E-state index contributed by atoms with van der Waals surface area (Å²) in [5.41, 5.74) is 1.25. The Bertz CT molecular complexity index is 1020. The predicted octanol–water partition coefficient (Wildman–Crippen LogP) is 3.40. The lowest BCUT2D eigenvalue weighted by Crippen LogP contribution is -2.19. The molecule has 102 valence electrons. The largest absolute Gasteiger partial charge is 0.355 e. The minimum atomic E-state index is -0.168. The highest BCUT2D eigenvalue weighted by Gasteiger charge is 2.10. The van der Waals surface area contributed by atoms with Gasteiger partial charge in [0, 0.05) is 16.1 Å². The molecule has 0 saturated heterocycles. The molecule has 0 radical (unpaired) electrons. The number of hydrogen-bond acceptors (Lipinski definition) is 2. The average Bonchev–Trinajstić information content (AvgIpc) is 2.86. The Morgan fingerprint density at radius 1 is 0.952 bits per heavy atom. The van der Waals surface area contributed by atoms with Crippen molar-refractivity contribution in [2.45, 2.75) is 0 Å². The van der Waals surface area contributed by atoms with Crippen molar-refractivity contribution in [1.29, 1.82) is 0 Å². The Hall–Kier alpha value is -2.40. The molecule has 4 rings (SSSR count). The van der Waals surface area contributed by atoms with Crippen LogP contribution in [0.2, 0.25) is 0 Å². The van der Waals surface area contributed by atoms with Crippen LogP contribution >= 0.6 is 15.9 Å². The molecule has 0 fully saturated rings. The fourth-order valence-corrected chi connectivity index (χ4v) is 2.71. The smallest absolute Gasteiger partial charge is 0.249 e.